The molecule has 0 saturated carbocycles. The highest BCUT2D eigenvalue weighted by Crippen LogP contribution is 2.30. The molecular formula is C10H9ClF2INO2. The van der Waals surface area contributed by atoms with Gasteiger partial charge in [0.2, 0.25) is 0 Å². The lowest BCUT2D eigenvalue weighted by atomic mass is 10.0. The number of methoxy groups -OCH3 is 1. The first-order valence-corrected chi connectivity index (χ1v) is 6.19. The van der Waals surface area contributed by atoms with Gasteiger partial charge in [0, 0.05) is 17.3 Å². The van der Waals surface area contributed by atoms with Crippen LogP contribution in [-0.4, -0.2) is 18.1 Å². The van der Waals surface area contributed by atoms with Crippen LogP contribution in [0.15, 0.2) is 6.20 Å². The van der Waals surface area contributed by atoms with Gasteiger partial charge in [0.05, 0.1) is 19.4 Å². The molecule has 0 aliphatic heterocycles. The van der Waals surface area contributed by atoms with Gasteiger partial charge in [-0.15, -0.1) is 11.6 Å². The summed E-state index contributed by atoms with van der Waals surface area (Å²) in [5, 5.41) is 0. The second-order valence-corrected chi connectivity index (χ2v) is 4.44. The fourth-order valence-electron chi connectivity index (χ4n) is 1.35. The summed E-state index contributed by atoms with van der Waals surface area (Å²) in [6, 6.07) is 0. The summed E-state index contributed by atoms with van der Waals surface area (Å²) < 4.78 is 30.8. The van der Waals surface area contributed by atoms with E-state index in [0.29, 0.717) is 3.70 Å². The summed E-state index contributed by atoms with van der Waals surface area (Å²) in [6.45, 7) is 0. The molecule has 0 spiro atoms. The van der Waals surface area contributed by atoms with Crippen LogP contribution >= 0.6 is 34.2 Å². The Morgan fingerprint density at radius 1 is 1.65 bits per heavy atom. The summed E-state index contributed by atoms with van der Waals surface area (Å²) >= 11 is 7.46. The van der Waals surface area contributed by atoms with Crippen molar-refractivity contribution in [3.8, 4) is 0 Å². The molecule has 1 aromatic rings. The van der Waals surface area contributed by atoms with Crippen LogP contribution in [0.4, 0.5) is 8.78 Å². The van der Waals surface area contributed by atoms with Crippen LogP contribution in [0.1, 0.15) is 23.1 Å². The fourth-order valence-corrected chi connectivity index (χ4v) is 2.47. The first-order valence-electron chi connectivity index (χ1n) is 4.58. The molecule has 1 rings (SSSR count). The Morgan fingerprint density at radius 2 is 2.29 bits per heavy atom. The van der Waals surface area contributed by atoms with E-state index < -0.39 is 12.4 Å². The van der Waals surface area contributed by atoms with Gasteiger partial charge in [-0.1, -0.05) is 0 Å². The van der Waals surface area contributed by atoms with E-state index in [9.17, 15) is 13.6 Å². The number of ether oxygens (including phenoxy) is 1. The van der Waals surface area contributed by atoms with Crippen LogP contribution in [-0.2, 0) is 21.8 Å². The second kappa shape index (κ2) is 6.44. The molecule has 0 N–H and O–H groups in total. The number of hydrogen-bond donors (Lipinski definition) is 0. The van der Waals surface area contributed by atoms with Crippen molar-refractivity contribution < 1.29 is 18.3 Å². The Labute approximate surface area is 116 Å². The van der Waals surface area contributed by atoms with Crippen molar-refractivity contribution in [3.05, 3.63) is 26.6 Å². The molecule has 0 unspecified atom stereocenters. The van der Waals surface area contributed by atoms with Crippen molar-refractivity contribution in [2.75, 3.05) is 7.11 Å². The first-order chi connectivity index (χ1) is 8.01. The van der Waals surface area contributed by atoms with E-state index in [2.05, 4.69) is 9.72 Å². The highest BCUT2D eigenvalue weighted by Gasteiger charge is 2.22. The van der Waals surface area contributed by atoms with Crippen molar-refractivity contribution in [2.24, 2.45) is 0 Å². The van der Waals surface area contributed by atoms with Crippen molar-refractivity contribution in [1.82, 2.24) is 4.98 Å². The summed E-state index contributed by atoms with van der Waals surface area (Å²) in [7, 11) is 1.20. The SMILES string of the molecule is COC(=O)Cc1cnc(I)c(CCl)c1C(F)F. The molecule has 0 fully saturated rings. The van der Waals surface area contributed by atoms with Gasteiger partial charge < -0.3 is 4.74 Å². The number of alkyl halides is 3. The van der Waals surface area contributed by atoms with Gasteiger partial charge in [-0.3, -0.25) is 4.79 Å². The summed E-state index contributed by atoms with van der Waals surface area (Å²) in [6.07, 6.45) is -1.67. The van der Waals surface area contributed by atoms with Gasteiger partial charge in [0.25, 0.3) is 6.43 Å². The molecule has 0 amide bonds. The van der Waals surface area contributed by atoms with Gasteiger partial charge in [-0.05, 0) is 28.2 Å². The lowest BCUT2D eigenvalue weighted by Crippen LogP contribution is -2.10. The van der Waals surface area contributed by atoms with E-state index in [0.717, 1.165) is 0 Å². The van der Waals surface area contributed by atoms with E-state index in [1.807, 2.05) is 22.6 Å². The molecule has 7 heteroatoms. The highest BCUT2D eigenvalue weighted by atomic mass is 127. The minimum atomic E-state index is -2.69. The Bertz CT molecular complexity index is 429. The maximum Gasteiger partial charge on any atom is 0.310 e. The predicted octanol–water partition coefficient (Wildman–Crippen LogP) is 3.08. The molecule has 17 heavy (non-hydrogen) atoms. The number of carbonyl (C=O) groups excluding carboxylic acids is 1. The second-order valence-electron chi connectivity index (χ2n) is 3.15. The average molecular weight is 376 g/mol. The molecule has 0 aliphatic carbocycles. The normalized spacial score (nSPS) is 10.7. The number of rotatable bonds is 4. The van der Waals surface area contributed by atoms with E-state index in [4.69, 9.17) is 11.6 Å². The fraction of sp³-hybridized carbons (Fsp3) is 0.400. The van der Waals surface area contributed by atoms with Crippen molar-refractivity contribution >= 4 is 40.2 Å². The first kappa shape index (κ1) is 14.6. The van der Waals surface area contributed by atoms with Gasteiger partial charge >= 0.3 is 5.97 Å². The van der Waals surface area contributed by atoms with Crippen LogP contribution in [0.5, 0.6) is 0 Å². The molecule has 0 bridgehead atoms. The molecule has 0 aliphatic rings. The number of esters is 1. The van der Waals surface area contributed by atoms with E-state index >= 15 is 0 Å². The summed E-state index contributed by atoms with van der Waals surface area (Å²) in [5.41, 5.74) is 0.205. The zero-order chi connectivity index (χ0) is 13.0. The Kier molecular flexibility index (Phi) is 5.51. The molecule has 94 valence electrons. The Hall–Kier alpha value is -0.500. The molecule has 1 heterocycles. The smallest absolute Gasteiger partial charge is 0.310 e. The van der Waals surface area contributed by atoms with Gasteiger partial charge in [-0.25, -0.2) is 13.8 Å². The molecular weight excluding hydrogens is 366 g/mol. The third-order valence-electron chi connectivity index (χ3n) is 2.17. The molecule has 0 atom stereocenters. The summed E-state index contributed by atoms with van der Waals surface area (Å²) in [5.74, 6) is -0.657. The number of hydrogen-bond acceptors (Lipinski definition) is 3. The minimum Gasteiger partial charge on any atom is -0.469 e. The number of aromatic nitrogens is 1. The van der Waals surface area contributed by atoms with E-state index in [1.165, 1.54) is 13.3 Å². The molecule has 0 radical (unpaired) electrons. The van der Waals surface area contributed by atoms with Crippen LogP contribution in [0, 0.1) is 3.70 Å². The minimum absolute atomic E-state index is 0.0695. The van der Waals surface area contributed by atoms with E-state index in [-0.39, 0.29) is 29.0 Å². The van der Waals surface area contributed by atoms with Crippen molar-refractivity contribution in [2.45, 2.75) is 18.7 Å². The van der Waals surface area contributed by atoms with Gasteiger partial charge in [-0.2, -0.15) is 0 Å². The lowest BCUT2D eigenvalue weighted by molar-refractivity contribution is -0.139. The maximum atomic E-state index is 13.0. The largest absolute Gasteiger partial charge is 0.469 e. The highest BCUT2D eigenvalue weighted by molar-refractivity contribution is 14.1. The van der Waals surface area contributed by atoms with Crippen LogP contribution < -0.4 is 0 Å². The van der Waals surface area contributed by atoms with E-state index in [1.54, 1.807) is 0 Å². The predicted molar refractivity (Wildman–Crippen MR) is 67.2 cm³/mol. The van der Waals surface area contributed by atoms with Gasteiger partial charge in [0.15, 0.2) is 0 Å². The molecule has 0 aromatic carbocycles. The monoisotopic (exact) mass is 375 g/mol. The van der Waals surface area contributed by atoms with Gasteiger partial charge in [0.1, 0.15) is 3.70 Å². The van der Waals surface area contributed by atoms with Crippen molar-refractivity contribution in [1.29, 1.82) is 0 Å². The van der Waals surface area contributed by atoms with Crippen molar-refractivity contribution in [3.63, 3.8) is 0 Å². The van der Waals surface area contributed by atoms with Crippen LogP contribution in [0.2, 0.25) is 0 Å². The Balaban J connectivity index is 3.25. The maximum absolute atomic E-state index is 13.0. The Morgan fingerprint density at radius 3 is 2.76 bits per heavy atom. The topological polar surface area (TPSA) is 39.2 Å². The zero-order valence-electron chi connectivity index (χ0n) is 8.84. The zero-order valence-corrected chi connectivity index (χ0v) is 11.8. The summed E-state index contributed by atoms with van der Waals surface area (Å²) in [4.78, 5) is 15.1. The lowest BCUT2D eigenvalue weighted by Gasteiger charge is -2.13. The standard InChI is InChI=1S/C10H9ClF2INO2/c1-17-7(16)2-5-4-15-10(14)6(3-11)8(5)9(12)13/h4,9H,2-3H2,1H3. The van der Waals surface area contributed by atoms with Crippen LogP contribution in [0.25, 0.3) is 0 Å². The molecule has 1 aromatic heterocycles. The molecule has 0 saturated heterocycles. The number of nitrogens with zero attached hydrogens (tertiary/aromatic N) is 1. The number of carbonyl (C=O) groups is 1. The molecule has 3 nitrogen and oxygen atoms in total. The van der Waals surface area contributed by atoms with Crippen LogP contribution in [0.3, 0.4) is 0 Å². The number of pyridine rings is 1. The third kappa shape index (κ3) is 3.48. The quantitative estimate of drug-likeness (QED) is 0.351. The average Bonchev–Trinajstić information content (AvgIpc) is 2.30. The third-order valence-corrected chi connectivity index (χ3v) is 3.37. The number of halogens is 4.